The third-order valence-electron chi connectivity index (χ3n) is 3.23. The highest BCUT2D eigenvalue weighted by molar-refractivity contribution is 5.78. The second-order valence-corrected chi connectivity index (χ2v) is 4.61. The number of likely N-dealkylation sites (tertiary alicyclic amines) is 1. The van der Waals surface area contributed by atoms with Crippen molar-refractivity contribution in [2.24, 2.45) is 11.0 Å². The SMILES string of the molecule is COc1ccc(CN2CC(CN=[N+]=[N-])CC2=O)cc1. The van der Waals surface area contributed by atoms with Gasteiger partial charge in [-0.15, -0.1) is 0 Å². The number of methoxy groups -OCH3 is 1. The van der Waals surface area contributed by atoms with E-state index >= 15 is 0 Å². The largest absolute Gasteiger partial charge is 0.497 e. The van der Waals surface area contributed by atoms with Gasteiger partial charge in [-0.2, -0.15) is 0 Å². The van der Waals surface area contributed by atoms with Crippen LogP contribution in [0, 0.1) is 5.92 Å². The number of rotatable bonds is 5. The molecule has 1 aromatic carbocycles. The Morgan fingerprint density at radius 1 is 1.47 bits per heavy atom. The minimum atomic E-state index is 0.119. The molecule has 100 valence electrons. The lowest BCUT2D eigenvalue weighted by molar-refractivity contribution is -0.128. The van der Waals surface area contributed by atoms with Gasteiger partial charge in [-0.1, -0.05) is 17.2 Å². The molecule has 6 nitrogen and oxygen atoms in total. The molecule has 0 aromatic heterocycles. The first-order chi connectivity index (χ1) is 9.22. The predicted molar refractivity (Wildman–Crippen MR) is 70.5 cm³/mol. The first-order valence-corrected chi connectivity index (χ1v) is 6.14. The molecule has 1 aliphatic rings. The van der Waals surface area contributed by atoms with Gasteiger partial charge in [-0.25, -0.2) is 0 Å². The molecule has 1 aromatic rings. The van der Waals surface area contributed by atoms with Crippen LogP contribution in [0.3, 0.4) is 0 Å². The van der Waals surface area contributed by atoms with Crippen LogP contribution in [-0.2, 0) is 11.3 Å². The Balaban J connectivity index is 1.95. The Morgan fingerprint density at radius 2 is 2.21 bits per heavy atom. The summed E-state index contributed by atoms with van der Waals surface area (Å²) in [5.74, 6) is 1.06. The van der Waals surface area contributed by atoms with Crippen molar-refractivity contribution in [1.82, 2.24) is 4.90 Å². The van der Waals surface area contributed by atoms with Crippen molar-refractivity contribution in [3.8, 4) is 5.75 Å². The third kappa shape index (κ3) is 3.39. The predicted octanol–water partition coefficient (Wildman–Crippen LogP) is 2.35. The first-order valence-electron chi connectivity index (χ1n) is 6.14. The Labute approximate surface area is 111 Å². The minimum absolute atomic E-state index is 0.119. The molecule has 1 aliphatic heterocycles. The van der Waals surface area contributed by atoms with Gasteiger partial charge in [0, 0.05) is 31.0 Å². The molecule has 2 rings (SSSR count). The van der Waals surface area contributed by atoms with E-state index in [0.717, 1.165) is 11.3 Å². The van der Waals surface area contributed by atoms with Gasteiger partial charge >= 0.3 is 0 Å². The average Bonchev–Trinajstić information content (AvgIpc) is 2.78. The van der Waals surface area contributed by atoms with Crippen LogP contribution in [0.1, 0.15) is 12.0 Å². The van der Waals surface area contributed by atoms with E-state index in [1.54, 1.807) is 12.0 Å². The number of benzene rings is 1. The van der Waals surface area contributed by atoms with Crippen LogP contribution in [0.5, 0.6) is 5.75 Å². The van der Waals surface area contributed by atoms with Gasteiger partial charge in [-0.3, -0.25) is 4.79 Å². The van der Waals surface area contributed by atoms with E-state index in [4.69, 9.17) is 10.3 Å². The summed E-state index contributed by atoms with van der Waals surface area (Å²) in [7, 11) is 1.62. The number of ether oxygens (including phenoxy) is 1. The van der Waals surface area contributed by atoms with Gasteiger partial charge in [0.1, 0.15) is 5.75 Å². The number of hydrogen-bond donors (Lipinski definition) is 0. The first kappa shape index (κ1) is 13.2. The molecule has 0 radical (unpaired) electrons. The van der Waals surface area contributed by atoms with Crippen molar-refractivity contribution in [1.29, 1.82) is 0 Å². The fourth-order valence-corrected chi connectivity index (χ4v) is 2.23. The summed E-state index contributed by atoms with van der Waals surface area (Å²) in [6.07, 6.45) is 0.467. The summed E-state index contributed by atoms with van der Waals surface area (Å²) in [6.45, 7) is 1.64. The molecule has 0 spiro atoms. The summed E-state index contributed by atoms with van der Waals surface area (Å²) in [4.78, 5) is 16.4. The van der Waals surface area contributed by atoms with Crippen LogP contribution in [0.4, 0.5) is 0 Å². The summed E-state index contributed by atoms with van der Waals surface area (Å²) in [5.41, 5.74) is 9.36. The van der Waals surface area contributed by atoms with Crippen LogP contribution in [0.25, 0.3) is 10.4 Å². The van der Waals surface area contributed by atoms with Gasteiger partial charge in [0.2, 0.25) is 5.91 Å². The number of carbonyl (C=O) groups excluding carboxylic acids is 1. The molecule has 19 heavy (non-hydrogen) atoms. The fourth-order valence-electron chi connectivity index (χ4n) is 2.23. The minimum Gasteiger partial charge on any atom is -0.497 e. The van der Waals surface area contributed by atoms with Crippen LogP contribution >= 0.6 is 0 Å². The van der Waals surface area contributed by atoms with E-state index in [0.29, 0.717) is 26.1 Å². The zero-order valence-electron chi connectivity index (χ0n) is 10.8. The van der Waals surface area contributed by atoms with Crippen molar-refractivity contribution in [3.63, 3.8) is 0 Å². The maximum absolute atomic E-state index is 11.8. The summed E-state index contributed by atoms with van der Waals surface area (Å²) >= 11 is 0. The highest BCUT2D eigenvalue weighted by atomic mass is 16.5. The number of nitrogens with zero attached hydrogens (tertiary/aromatic N) is 4. The van der Waals surface area contributed by atoms with Gasteiger partial charge in [0.15, 0.2) is 0 Å². The normalized spacial score (nSPS) is 18.3. The Morgan fingerprint density at radius 3 is 2.84 bits per heavy atom. The van der Waals surface area contributed by atoms with Crippen molar-refractivity contribution < 1.29 is 9.53 Å². The van der Waals surface area contributed by atoms with Crippen molar-refractivity contribution >= 4 is 5.91 Å². The van der Waals surface area contributed by atoms with Crippen molar-refractivity contribution in [2.75, 3.05) is 20.2 Å². The Bertz CT molecular complexity index is 494. The van der Waals surface area contributed by atoms with Crippen LogP contribution in [-0.4, -0.2) is 31.0 Å². The fraction of sp³-hybridized carbons (Fsp3) is 0.462. The van der Waals surface area contributed by atoms with Crippen LogP contribution < -0.4 is 4.74 Å². The molecule has 1 atom stereocenters. The van der Waals surface area contributed by atoms with Gasteiger partial charge in [0.05, 0.1) is 7.11 Å². The highest BCUT2D eigenvalue weighted by Gasteiger charge is 2.28. The third-order valence-corrected chi connectivity index (χ3v) is 3.23. The molecule has 0 N–H and O–H groups in total. The second-order valence-electron chi connectivity index (χ2n) is 4.61. The molecule has 1 heterocycles. The number of amides is 1. The van der Waals surface area contributed by atoms with E-state index < -0.39 is 0 Å². The van der Waals surface area contributed by atoms with E-state index in [1.807, 2.05) is 24.3 Å². The Kier molecular flexibility index (Phi) is 4.26. The maximum atomic E-state index is 11.8. The molecule has 6 heteroatoms. The number of azide groups is 1. The zero-order valence-corrected chi connectivity index (χ0v) is 10.8. The quantitative estimate of drug-likeness (QED) is 0.463. The van der Waals surface area contributed by atoms with Crippen LogP contribution in [0.15, 0.2) is 29.4 Å². The highest BCUT2D eigenvalue weighted by Crippen LogP contribution is 2.21. The topological polar surface area (TPSA) is 78.3 Å². The van der Waals surface area contributed by atoms with Crippen molar-refractivity contribution in [2.45, 2.75) is 13.0 Å². The molecule has 1 fully saturated rings. The lowest BCUT2D eigenvalue weighted by atomic mass is 10.1. The van der Waals surface area contributed by atoms with Gasteiger partial charge in [-0.05, 0) is 29.1 Å². The molecule has 1 unspecified atom stereocenters. The lowest BCUT2D eigenvalue weighted by Crippen LogP contribution is -2.24. The molecule has 0 saturated carbocycles. The van der Waals surface area contributed by atoms with Crippen molar-refractivity contribution in [3.05, 3.63) is 40.3 Å². The number of hydrogen-bond acceptors (Lipinski definition) is 3. The standard InChI is InChI=1S/C13H16N4O2/c1-19-12-4-2-10(3-5-12)8-17-9-11(6-13(17)18)7-15-16-14/h2-5,11H,6-9H2,1H3. The van der Waals surface area contributed by atoms with E-state index in [2.05, 4.69) is 10.0 Å². The molecule has 0 aliphatic carbocycles. The van der Waals surface area contributed by atoms with Gasteiger partial charge in [0.25, 0.3) is 0 Å². The van der Waals surface area contributed by atoms with E-state index in [9.17, 15) is 4.79 Å². The van der Waals surface area contributed by atoms with Crippen LogP contribution in [0.2, 0.25) is 0 Å². The molecular weight excluding hydrogens is 244 g/mol. The summed E-state index contributed by atoms with van der Waals surface area (Å²) in [5, 5.41) is 3.54. The smallest absolute Gasteiger partial charge is 0.223 e. The molecule has 1 amide bonds. The van der Waals surface area contributed by atoms with E-state index in [1.165, 1.54) is 0 Å². The summed E-state index contributed by atoms with van der Waals surface area (Å²) < 4.78 is 5.09. The van der Waals surface area contributed by atoms with E-state index in [-0.39, 0.29) is 11.8 Å². The molecule has 1 saturated heterocycles. The Hall–Kier alpha value is -2.20. The molecule has 0 bridgehead atoms. The zero-order chi connectivity index (χ0) is 13.7. The second kappa shape index (κ2) is 6.11. The lowest BCUT2D eigenvalue weighted by Gasteiger charge is -2.16. The maximum Gasteiger partial charge on any atom is 0.223 e. The number of carbonyl (C=O) groups is 1. The van der Waals surface area contributed by atoms with Gasteiger partial charge < -0.3 is 9.64 Å². The average molecular weight is 260 g/mol. The molecular formula is C13H16N4O2. The monoisotopic (exact) mass is 260 g/mol. The summed E-state index contributed by atoms with van der Waals surface area (Å²) in [6, 6.07) is 7.67.